The Hall–Kier alpha value is -1.29. The van der Waals surface area contributed by atoms with Gasteiger partial charge in [-0.2, -0.15) is 5.10 Å². The predicted molar refractivity (Wildman–Crippen MR) is 55.7 cm³/mol. The zero-order valence-electron chi connectivity index (χ0n) is 6.81. The first-order valence-corrected chi connectivity index (χ1v) is 4.61. The summed E-state index contributed by atoms with van der Waals surface area (Å²) < 4.78 is 2.74. The number of nitrogens with two attached hydrogens (primary N) is 1. The molecule has 13 heavy (non-hydrogen) atoms. The van der Waals surface area contributed by atoms with Crippen molar-refractivity contribution >= 4 is 21.6 Å². The largest absolute Gasteiger partial charge is 0.399 e. The molecule has 0 amide bonds. The number of rotatable bonds is 1. The zero-order chi connectivity index (χ0) is 9.26. The molecule has 0 saturated carbocycles. The van der Waals surface area contributed by atoms with E-state index < -0.39 is 0 Å². The van der Waals surface area contributed by atoms with Crippen molar-refractivity contribution < 1.29 is 0 Å². The molecule has 66 valence electrons. The van der Waals surface area contributed by atoms with Gasteiger partial charge in [-0.05, 0) is 40.2 Å². The molecule has 0 spiro atoms. The Morgan fingerprint density at radius 1 is 1.23 bits per heavy atom. The summed E-state index contributed by atoms with van der Waals surface area (Å²) in [4.78, 5) is 0. The van der Waals surface area contributed by atoms with E-state index in [0.29, 0.717) is 0 Å². The zero-order valence-corrected chi connectivity index (χ0v) is 8.40. The van der Waals surface area contributed by atoms with Crippen molar-refractivity contribution in [2.75, 3.05) is 5.73 Å². The summed E-state index contributed by atoms with van der Waals surface area (Å²) in [6, 6.07) is 7.55. The van der Waals surface area contributed by atoms with E-state index in [9.17, 15) is 0 Å². The van der Waals surface area contributed by atoms with Crippen molar-refractivity contribution in [3.8, 4) is 5.69 Å². The highest BCUT2D eigenvalue weighted by molar-refractivity contribution is 9.10. The Morgan fingerprint density at radius 2 is 1.92 bits per heavy atom. The van der Waals surface area contributed by atoms with Crippen LogP contribution in [0.15, 0.2) is 41.1 Å². The molecular formula is C9H8BrN3. The Balaban J connectivity index is 2.41. The van der Waals surface area contributed by atoms with E-state index in [2.05, 4.69) is 21.0 Å². The van der Waals surface area contributed by atoms with Gasteiger partial charge in [0.1, 0.15) is 0 Å². The second-order valence-corrected chi connectivity index (χ2v) is 3.61. The fourth-order valence-corrected chi connectivity index (χ4v) is 1.35. The molecule has 2 N–H and O–H groups in total. The van der Waals surface area contributed by atoms with E-state index in [0.717, 1.165) is 15.8 Å². The van der Waals surface area contributed by atoms with Crippen LogP contribution in [-0.4, -0.2) is 9.78 Å². The van der Waals surface area contributed by atoms with Gasteiger partial charge < -0.3 is 5.73 Å². The van der Waals surface area contributed by atoms with Crippen LogP contribution in [0, 0.1) is 0 Å². The van der Waals surface area contributed by atoms with E-state index in [4.69, 9.17) is 5.73 Å². The lowest BCUT2D eigenvalue weighted by molar-refractivity contribution is 0.880. The highest BCUT2D eigenvalue weighted by Gasteiger charge is 1.97. The predicted octanol–water partition coefficient (Wildman–Crippen LogP) is 2.22. The lowest BCUT2D eigenvalue weighted by Gasteiger charge is -2.00. The minimum absolute atomic E-state index is 0.759. The van der Waals surface area contributed by atoms with Crippen LogP contribution in [-0.2, 0) is 0 Å². The molecule has 4 heteroatoms. The highest BCUT2D eigenvalue weighted by Crippen LogP contribution is 2.13. The van der Waals surface area contributed by atoms with Gasteiger partial charge in [-0.3, -0.25) is 0 Å². The number of anilines is 1. The molecule has 3 nitrogen and oxygen atoms in total. The maximum atomic E-state index is 5.57. The van der Waals surface area contributed by atoms with E-state index >= 15 is 0 Å². The fraction of sp³-hybridized carbons (Fsp3) is 0. The maximum Gasteiger partial charge on any atom is 0.0647 e. The first-order chi connectivity index (χ1) is 6.25. The molecule has 0 aliphatic carbocycles. The van der Waals surface area contributed by atoms with Gasteiger partial charge in [0.25, 0.3) is 0 Å². The smallest absolute Gasteiger partial charge is 0.0647 e. The molecule has 0 radical (unpaired) electrons. The van der Waals surface area contributed by atoms with Crippen LogP contribution in [0.25, 0.3) is 5.69 Å². The van der Waals surface area contributed by atoms with Gasteiger partial charge in [0.05, 0.1) is 16.4 Å². The third-order valence-electron chi connectivity index (χ3n) is 1.71. The number of aromatic nitrogens is 2. The second-order valence-electron chi connectivity index (χ2n) is 2.69. The quantitative estimate of drug-likeness (QED) is 0.774. The van der Waals surface area contributed by atoms with Gasteiger partial charge >= 0.3 is 0 Å². The summed E-state index contributed by atoms with van der Waals surface area (Å²) in [7, 11) is 0. The molecule has 1 heterocycles. The molecule has 0 bridgehead atoms. The lowest BCUT2D eigenvalue weighted by Crippen LogP contribution is -1.94. The Bertz CT molecular complexity index is 405. The third kappa shape index (κ3) is 1.72. The molecule has 1 aromatic carbocycles. The molecule has 0 atom stereocenters. The van der Waals surface area contributed by atoms with Gasteiger partial charge in [-0.1, -0.05) is 0 Å². The van der Waals surface area contributed by atoms with E-state index in [-0.39, 0.29) is 0 Å². The highest BCUT2D eigenvalue weighted by atomic mass is 79.9. The van der Waals surface area contributed by atoms with E-state index in [1.165, 1.54) is 0 Å². The van der Waals surface area contributed by atoms with Crippen molar-refractivity contribution in [1.82, 2.24) is 9.78 Å². The first-order valence-electron chi connectivity index (χ1n) is 3.82. The topological polar surface area (TPSA) is 43.8 Å². The van der Waals surface area contributed by atoms with Gasteiger partial charge in [0.15, 0.2) is 0 Å². The number of hydrogen-bond acceptors (Lipinski definition) is 2. The molecule has 0 fully saturated rings. The van der Waals surface area contributed by atoms with Crippen LogP contribution in [0.1, 0.15) is 0 Å². The minimum atomic E-state index is 0.759. The molecule has 0 aliphatic rings. The molecule has 0 saturated heterocycles. The molecule has 0 aliphatic heterocycles. The normalized spacial score (nSPS) is 10.2. The van der Waals surface area contributed by atoms with Gasteiger partial charge in [0, 0.05) is 11.9 Å². The van der Waals surface area contributed by atoms with Gasteiger partial charge in [0.2, 0.25) is 0 Å². The minimum Gasteiger partial charge on any atom is -0.399 e. The average molecular weight is 238 g/mol. The van der Waals surface area contributed by atoms with Crippen molar-refractivity contribution in [1.29, 1.82) is 0 Å². The summed E-state index contributed by atoms with van der Waals surface area (Å²) >= 11 is 3.34. The Labute approximate surface area is 84.3 Å². The van der Waals surface area contributed by atoms with Crippen LogP contribution in [0.5, 0.6) is 0 Å². The summed E-state index contributed by atoms with van der Waals surface area (Å²) in [6.07, 6.45) is 3.64. The molecule has 1 aromatic heterocycles. The van der Waals surface area contributed by atoms with Crippen LogP contribution < -0.4 is 5.73 Å². The van der Waals surface area contributed by atoms with Crippen molar-refractivity contribution in [2.24, 2.45) is 0 Å². The van der Waals surface area contributed by atoms with Crippen LogP contribution in [0.3, 0.4) is 0 Å². The average Bonchev–Trinajstić information content (AvgIpc) is 2.53. The van der Waals surface area contributed by atoms with E-state index in [1.807, 2.05) is 30.5 Å². The molecule has 0 unspecified atom stereocenters. The van der Waals surface area contributed by atoms with E-state index in [1.54, 1.807) is 10.9 Å². The number of nitrogens with zero attached hydrogens (tertiary/aromatic N) is 2. The summed E-state index contributed by atoms with van der Waals surface area (Å²) in [5, 5.41) is 4.14. The third-order valence-corrected chi connectivity index (χ3v) is 2.12. The number of halogens is 1. The summed E-state index contributed by atoms with van der Waals surface area (Å²) in [6.45, 7) is 0. The number of nitrogen functional groups attached to an aromatic ring is 1. The Kier molecular flexibility index (Phi) is 2.06. The summed E-state index contributed by atoms with van der Waals surface area (Å²) in [5.74, 6) is 0. The van der Waals surface area contributed by atoms with Crippen molar-refractivity contribution in [3.05, 3.63) is 41.1 Å². The molecular weight excluding hydrogens is 230 g/mol. The summed E-state index contributed by atoms with van der Waals surface area (Å²) in [5.41, 5.74) is 7.33. The second kappa shape index (κ2) is 3.22. The van der Waals surface area contributed by atoms with Crippen LogP contribution in [0.4, 0.5) is 5.69 Å². The SMILES string of the molecule is Nc1ccc(-n2cc(Br)cn2)cc1. The fourth-order valence-electron chi connectivity index (χ4n) is 1.07. The first kappa shape index (κ1) is 8.31. The maximum absolute atomic E-state index is 5.57. The monoisotopic (exact) mass is 237 g/mol. The molecule has 2 rings (SSSR count). The van der Waals surface area contributed by atoms with Crippen molar-refractivity contribution in [3.63, 3.8) is 0 Å². The van der Waals surface area contributed by atoms with Gasteiger partial charge in [-0.15, -0.1) is 0 Å². The number of hydrogen-bond donors (Lipinski definition) is 1. The standard InChI is InChI=1S/C9H8BrN3/c10-7-5-12-13(6-7)9-3-1-8(11)2-4-9/h1-6H,11H2. The number of benzene rings is 1. The lowest BCUT2D eigenvalue weighted by atomic mass is 10.3. The van der Waals surface area contributed by atoms with Crippen LogP contribution >= 0.6 is 15.9 Å². The van der Waals surface area contributed by atoms with Crippen molar-refractivity contribution in [2.45, 2.75) is 0 Å². The van der Waals surface area contributed by atoms with Crippen LogP contribution in [0.2, 0.25) is 0 Å². The Morgan fingerprint density at radius 3 is 2.46 bits per heavy atom. The van der Waals surface area contributed by atoms with Gasteiger partial charge in [-0.25, -0.2) is 4.68 Å². The molecule has 2 aromatic rings.